The van der Waals surface area contributed by atoms with Gasteiger partial charge in [-0.1, -0.05) is 49.6 Å². The first kappa shape index (κ1) is 25.1. The molecular formula is C22H32IN3O2S2. The van der Waals surface area contributed by atoms with Crippen molar-refractivity contribution < 1.29 is 8.42 Å². The molecule has 0 bridgehead atoms. The second-order valence-electron chi connectivity index (χ2n) is 7.98. The highest BCUT2D eigenvalue weighted by molar-refractivity contribution is 14.0. The van der Waals surface area contributed by atoms with Crippen LogP contribution in [0.15, 0.2) is 46.8 Å². The third-order valence-electron chi connectivity index (χ3n) is 5.58. The molecule has 2 aromatic rings. The summed E-state index contributed by atoms with van der Waals surface area (Å²) >= 11 is 1.86. The van der Waals surface area contributed by atoms with E-state index in [1.165, 1.54) is 43.2 Å². The summed E-state index contributed by atoms with van der Waals surface area (Å²) in [5.41, 5.74) is 2.11. The van der Waals surface area contributed by atoms with Gasteiger partial charge in [-0.25, -0.2) is 8.42 Å². The molecule has 0 spiro atoms. The van der Waals surface area contributed by atoms with E-state index in [0.717, 1.165) is 23.6 Å². The zero-order chi connectivity index (χ0) is 20.7. The lowest BCUT2D eigenvalue weighted by atomic mass is 9.73. The number of rotatable bonds is 7. The van der Waals surface area contributed by atoms with Crippen LogP contribution in [0.3, 0.4) is 0 Å². The molecule has 0 saturated heterocycles. The fraction of sp³-hybridized carbons (Fsp3) is 0.500. The van der Waals surface area contributed by atoms with Gasteiger partial charge in [-0.05, 0) is 35.4 Å². The van der Waals surface area contributed by atoms with E-state index in [9.17, 15) is 8.42 Å². The largest absolute Gasteiger partial charge is 0.355 e. The number of halogens is 1. The molecule has 1 saturated carbocycles. The van der Waals surface area contributed by atoms with Gasteiger partial charge >= 0.3 is 0 Å². The fourth-order valence-corrected chi connectivity index (χ4v) is 5.82. The second-order valence-corrected chi connectivity index (χ2v) is 11.1. The number of thiophene rings is 1. The van der Waals surface area contributed by atoms with Gasteiger partial charge in [0.05, 0.1) is 5.75 Å². The zero-order valence-corrected chi connectivity index (χ0v) is 21.7. The van der Waals surface area contributed by atoms with Crippen LogP contribution in [0.25, 0.3) is 0 Å². The van der Waals surface area contributed by atoms with Gasteiger partial charge in [-0.2, -0.15) is 0 Å². The van der Waals surface area contributed by atoms with Gasteiger partial charge in [0.15, 0.2) is 15.8 Å². The number of nitrogens with zero attached hydrogens (tertiary/aromatic N) is 1. The van der Waals surface area contributed by atoms with Crippen molar-refractivity contribution in [2.75, 3.05) is 19.8 Å². The molecule has 0 atom stereocenters. The van der Waals surface area contributed by atoms with E-state index in [2.05, 4.69) is 33.1 Å². The van der Waals surface area contributed by atoms with Gasteiger partial charge in [0, 0.05) is 36.7 Å². The average Bonchev–Trinajstić information content (AvgIpc) is 3.24. The van der Waals surface area contributed by atoms with Gasteiger partial charge in [0.2, 0.25) is 0 Å². The van der Waals surface area contributed by atoms with E-state index in [-0.39, 0.29) is 35.1 Å². The highest BCUT2D eigenvalue weighted by Gasteiger charge is 2.34. The molecule has 0 aliphatic heterocycles. The number of benzene rings is 1. The van der Waals surface area contributed by atoms with E-state index in [4.69, 9.17) is 0 Å². The highest BCUT2D eigenvalue weighted by atomic mass is 127. The normalized spacial score (nSPS) is 16.5. The molecule has 1 aromatic carbocycles. The monoisotopic (exact) mass is 561 g/mol. The molecule has 1 heterocycles. The molecule has 3 rings (SSSR count). The minimum Gasteiger partial charge on any atom is -0.355 e. The summed E-state index contributed by atoms with van der Waals surface area (Å²) in [6, 6.07) is 12.1. The van der Waals surface area contributed by atoms with Gasteiger partial charge in [0.25, 0.3) is 0 Å². The Bertz CT molecular complexity index is 904. The van der Waals surface area contributed by atoms with Crippen LogP contribution in [0.2, 0.25) is 0 Å². The van der Waals surface area contributed by atoms with E-state index >= 15 is 0 Å². The van der Waals surface area contributed by atoms with Crippen molar-refractivity contribution in [1.82, 2.24) is 10.6 Å². The quantitative estimate of drug-likeness (QED) is 0.297. The SMILES string of the molecule is CN=C(NCc1ccc(CS(C)(=O)=O)cc1)NCC1(c2cccs2)CCCCC1.I. The summed E-state index contributed by atoms with van der Waals surface area (Å²) in [5.74, 6) is 0.876. The summed E-state index contributed by atoms with van der Waals surface area (Å²) < 4.78 is 22.8. The lowest BCUT2D eigenvalue weighted by molar-refractivity contribution is 0.296. The number of hydrogen-bond acceptors (Lipinski definition) is 4. The molecular weight excluding hydrogens is 529 g/mol. The summed E-state index contributed by atoms with van der Waals surface area (Å²) in [6.07, 6.45) is 7.60. The first-order chi connectivity index (χ1) is 13.9. The van der Waals surface area contributed by atoms with Crippen molar-refractivity contribution >= 4 is 51.1 Å². The van der Waals surface area contributed by atoms with Crippen LogP contribution in [0.1, 0.15) is 48.1 Å². The van der Waals surface area contributed by atoms with Crippen molar-refractivity contribution in [2.24, 2.45) is 4.99 Å². The molecule has 1 aromatic heterocycles. The molecule has 0 unspecified atom stereocenters. The van der Waals surface area contributed by atoms with Gasteiger partial charge < -0.3 is 10.6 Å². The molecule has 2 N–H and O–H groups in total. The lowest BCUT2D eigenvalue weighted by Crippen LogP contribution is -2.46. The van der Waals surface area contributed by atoms with Crippen LogP contribution in [-0.2, 0) is 27.5 Å². The maximum absolute atomic E-state index is 11.4. The summed E-state index contributed by atoms with van der Waals surface area (Å²) in [4.78, 5) is 5.86. The van der Waals surface area contributed by atoms with Gasteiger partial charge in [-0.3, -0.25) is 4.99 Å². The van der Waals surface area contributed by atoms with Crippen LogP contribution < -0.4 is 10.6 Å². The third-order valence-corrected chi connectivity index (χ3v) is 7.56. The number of hydrogen-bond donors (Lipinski definition) is 2. The smallest absolute Gasteiger partial charge is 0.191 e. The Hall–Kier alpha value is -1.13. The maximum atomic E-state index is 11.4. The Kier molecular flexibility index (Phi) is 9.62. The van der Waals surface area contributed by atoms with Crippen LogP contribution in [-0.4, -0.2) is 34.2 Å². The van der Waals surface area contributed by atoms with E-state index in [1.807, 2.05) is 35.6 Å². The Morgan fingerprint density at radius 3 is 2.30 bits per heavy atom. The van der Waals surface area contributed by atoms with Crippen molar-refractivity contribution in [3.8, 4) is 0 Å². The predicted octanol–water partition coefficient (Wildman–Crippen LogP) is 4.48. The molecule has 1 aliphatic carbocycles. The minimum atomic E-state index is -3.01. The summed E-state index contributed by atoms with van der Waals surface area (Å²) in [5, 5.41) is 9.10. The summed E-state index contributed by atoms with van der Waals surface area (Å²) in [6.45, 7) is 1.53. The molecule has 30 heavy (non-hydrogen) atoms. The summed E-state index contributed by atoms with van der Waals surface area (Å²) in [7, 11) is -1.21. The first-order valence-electron chi connectivity index (χ1n) is 10.1. The maximum Gasteiger partial charge on any atom is 0.191 e. The molecule has 1 aliphatic rings. The molecule has 8 heteroatoms. The molecule has 5 nitrogen and oxygen atoms in total. The minimum absolute atomic E-state index is 0. The second kappa shape index (κ2) is 11.5. The van der Waals surface area contributed by atoms with Crippen LogP contribution in [0.4, 0.5) is 0 Å². The van der Waals surface area contributed by atoms with Gasteiger partial charge in [-0.15, -0.1) is 35.3 Å². The molecule has 1 fully saturated rings. The van der Waals surface area contributed by atoms with Gasteiger partial charge in [0.1, 0.15) is 0 Å². The van der Waals surface area contributed by atoms with Crippen molar-refractivity contribution in [3.63, 3.8) is 0 Å². The van der Waals surface area contributed by atoms with Crippen LogP contribution >= 0.6 is 35.3 Å². The Morgan fingerprint density at radius 1 is 1.07 bits per heavy atom. The lowest BCUT2D eigenvalue weighted by Gasteiger charge is -2.37. The standard InChI is InChI=1S/C22H31N3O2S2.HI/c1-23-21(24-15-18-8-10-19(11-9-18)16-29(2,26)27)25-17-22(12-4-3-5-13-22)20-7-6-14-28-20;/h6-11,14H,3-5,12-13,15-17H2,1-2H3,(H2,23,24,25);1H. The van der Waals surface area contributed by atoms with Crippen molar-refractivity contribution in [3.05, 3.63) is 57.8 Å². The van der Waals surface area contributed by atoms with Crippen LogP contribution in [0.5, 0.6) is 0 Å². The number of aliphatic imine (C=N–C) groups is 1. The highest BCUT2D eigenvalue weighted by Crippen LogP contribution is 2.41. The topological polar surface area (TPSA) is 70.6 Å². The molecule has 166 valence electrons. The Labute approximate surface area is 201 Å². The number of nitrogens with one attached hydrogen (secondary N) is 2. The molecule has 0 radical (unpaired) electrons. The van der Waals surface area contributed by atoms with Crippen molar-refractivity contribution in [2.45, 2.75) is 49.8 Å². The number of sulfone groups is 1. The first-order valence-corrected chi connectivity index (χ1v) is 13.1. The van der Waals surface area contributed by atoms with Crippen LogP contribution in [0, 0.1) is 0 Å². The average molecular weight is 562 g/mol. The van der Waals surface area contributed by atoms with E-state index in [1.54, 1.807) is 7.05 Å². The van der Waals surface area contributed by atoms with Crippen molar-refractivity contribution in [1.29, 1.82) is 0 Å². The Morgan fingerprint density at radius 2 is 1.73 bits per heavy atom. The predicted molar refractivity (Wildman–Crippen MR) is 138 cm³/mol. The van der Waals surface area contributed by atoms with E-state index < -0.39 is 9.84 Å². The third kappa shape index (κ3) is 7.23. The van der Waals surface area contributed by atoms with E-state index in [0.29, 0.717) is 6.54 Å². The fourth-order valence-electron chi connectivity index (χ4n) is 4.03. The molecule has 0 amide bonds. The number of guanidine groups is 1. The zero-order valence-electron chi connectivity index (χ0n) is 17.7. The Balaban J connectivity index is 0.00000320.